The van der Waals surface area contributed by atoms with Gasteiger partial charge in [0.05, 0.1) is 5.69 Å². The Morgan fingerprint density at radius 3 is 2.70 bits per heavy atom. The van der Waals surface area contributed by atoms with Crippen molar-refractivity contribution in [1.29, 1.82) is 0 Å². The molecule has 0 atom stereocenters. The fourth-order valence-electron chi connectivity index (χ4n) is 2.12. The van der Waals surface area contributed by atoms with Crippen LogP contribution in [0.15, 0.2) is 43.0 Å². The van der Waals surface area contributed by atoms with Gasteiger partial charge in [0, 0.05) is 11.6 Å². The van der Waals surface area contributed by atoms with Crippen LogP contribution in [0.4, 0.5) is 10.1 Å². The zero-order chi connectivity index (χ0) is 14.1. The monoisotopic (exact) mass is 269 g/mol. The molecule has 0 aliphatic carbocycles. The van der Waals surface area contributed by atoms with Gasteiger partial charge in [-0.2, -0.15) is 0 Å². The first kappa shape index (κ1) is 12.4. The fraction of sp³-hybridized carbons (Fsp3) is 0.0625. The standard InChI is InChI=1S/C16H12FNO2/c1-2-10-3-5-11(6-4-10)12-7-14-15(8-13(12)17)20-9-16(19)18-14/h2-8H,1,9H2,(H,18,19). The number of hydrogen-bond donors (Lipinski definition) is 1. The summed E-state index contributed by atoms with van der Waals surface area (Å²) in [6.07, 6.45) is 1.72. The summed E-state index contributed by atoms with van der Waals surface area (Å²) in [6.45, 7) is 3.60. The molecule has 0 aromatic heterocycles. The first-order chi connectivity index (χ1) is 9.67. The predicted molar refractivity (Wildman–Crippen MR) is 76.1 cm³/mol. The molecule has 0 unspecified atom stereocenters. The maximum atomic E-state index is 14.1. The lowest BCUT2D eigenvalue weighted by Gasteiger charge is -2.19. The molecule has 0 saturated heterocycles. The minimum atomic E-state index is -0.383. The van der Waals surface area contributed by atoms with Crippen molar-refractivity contribution in [3.8, 4) is 16.9 Å². The summed E-state index contributed by atoms with van der Waals surface area (Å²) in [5.41, 5.74) is 2.61. The van der Waals surface area contributed by atoms with Crippen molar-refractivity contribution in [2.45, 2.75) is 0 Å². The number of halogens is 1. The van der Waals surface area contributed by atoms with Gasteiger partial charge >= 0.3 is 0 Å². The summed E-state index contributed by atoms with van der Waals surface area (Å²) < 4.78 is 19.3. The highest BCUT2D eigenvalue weighted by Crippen LogP contribution is 2.35. The summed E-state index contributed by atoms with van der Waals surface area (Å²) in [6, 6.07) is 10.2. The van der Waals surface area contributed by atoms with Crippen LogP contribution < -0.4 is 10.1 Å². The van der Waals surface area contributed by atoms with Gasteiger partial charge in [-0.1, -0.05) is 36.9 Å². The maximum absolute atomic E-state index is 14.1. The molecule has 20 heavy (non-hydrogen) atoms. The Morgan fingerprint density at radius 1 is 1.25 bits per heavy atom. The quantitative estimate of drug-likeness (QED) is 0.906. The van der Waals surface area contributed by atoms with Crippen molar-refractivity contribution < 1.29 is 13.9 Å². The molecule has 1 heterocycles. The van der Waals surface area contributed by atoms with Crippen LogP contribution in [0.1, 0.15) is 5.56 Å². The lowest BCUT2D eigenvalue weighted by molar-refractivity contribution is -0.118. The molecule has 0 fully saturated rings. The fourth-order valence-corrected chi connectivity index (χ4v) is 2.12. The largest absolute Gasteiger partial charge is 0.481 e. The van der Waals surface area contributed by atoms with Crippen molar-refractivity contribution in [2.75, 3.05) is 11.9 Å². The van der Waals surface area contributed by atoms with Crippen molar-refractivity contribution in [2.24, 2.45) is 0 Å². The van der Waals surface area contributed by atoms with Crippen molar-refractivity contribution in [3.63, 3.8) is 0 Å². The molecular weight excluding hydrogens is 257 g/mol. The molecule has 1 amide bonds. The normalized spacial score (nSPS) is 13.2. The van der Waals surface area contributed by atoms with E-state index in [2.05, 4.69) is 11.9 Å². The average Bonchev–Trinajstić information content (AvgIpc) is 2.47. The van der Waals surface area contributed by atoms with E-state index in [9.17, 15) is 9.18 Å². The number of anilines is 1. The third-order valence-electron chi connectivity index (χ3n) is 3.16. The van der Waals surface area contributed by atoms with Crippen molar-refractivity contribution in [1.82, 2.24) is 0 Å². The van der Waals surface area contributed by atoms with Gasteiger partial charge in [0.15, 0.2) is 6.61 Å². The topological polar surface area (TPSA) is 38.3 Å². The number of rotatable bonds is 2. The van der Waals surface area contributed by atoms with Gasteiger partial charge in [-0.15, -0.1) is 0 Å². The number of hydrogen-bond acceptors (Lipinski definition) is 2. The average molecular weight is 269 g/mol. The van der Waals surface area contributed by atoms with Gasteiger partial charge < -0.3 is 10.1 Å². The highest BCUT2D eigenvalue weighted by molar-refractivity contribution is 5.96. The van der Waals surface area contributed by atoms with Gasteiger partial charge in [-0.3, -0.25) is 4.79 Å². The van der Waals surface area contributed by atoms with E-state index < -0.39 is 0 Å². The zero-order valence-electron chi connectivity index (χ0n) is 10.7. The third-order valence-corrected chi connectivity index (χ3v) is 3.16. The zero-order valence-corrected chi connectivity index (χ0v) is 10.7. The second-order valence-corrected chi connectivity index (χ2v) is 4.49. The van der Waals surface area contributed by atoms with E-state index in [-0.39, 0.29) is 18.3 Å². The SMILES string of the molecule is C=Cc1ccc(-c2cc3c(cc2F)OCC(=O)N3)cc1. The molecule has 0 spiro atoms. The first-order valence-electron chi connectivity index (χ1n) is 6.16. The Kier molecular flexibility index (Phi) is 2.99. The van der Waals surface area contributed by atoms with Crippen LogP contribution in [-0.4, -0.2) is 12.5 Å². The van der Waals surface area contributed by atoms with Gasteiger partial charge in [0.25, 0.3) is 5.91 Å². The lowest BCUT2D eigenvalue weighted by Crippen LogP contribution is -2.25. The predicted octanol–water partition coefficient (Wildman–Crippen LogP) is 3.47. The number of fused-ring (bicyclic) bond motifs is 1. The molecule has 2 aromatic carbocycles. The third kappa shape index (κ3) is 2.16. The highest BCUT2D eigenvalue weighted by Gasteiger charge is 2.19. The molecular formula is C16H12FNO2. The minimum Gasteiger partial charge on any atom is -0.481 e. The van der Waals surface area contributed by atoms with Crippen LogP contribution >= 0.6 is 0 Å². The molecule has 1 aliphatic heterocycles. The maximum Gasteiger partial charge on any atom is 0.262 e. The number of carbonyl (C=O) groups excluding carboxylic acids is 1. The molecule has 0 radical (unpaired) electrons. The molecule has 0 bridgehead atoms. The lowest BCUT2D eigenvalue weighted by atomic mass is 10.0. The van der Waals surface area contributed by atoms with Crippen LogP contribution in [-0.2, 0) is 4.79 Å². The van der Waals surface area contributed by atoms with E-state index in [0.29, 0.717) is 17.0 Å². The number of carbonyl (C=O) groups is 1. The summed E-state index contributed by atoms with van der Waals surface area (Å²) in [5, 5.41) is 2.67. The molecule has 3 rings (SSSR count). The summed E-state index contributed by atoms with van der Waals surface area (Å²) in [7, 11) is 0. The highest BCUT2D eigenvalue weighted by atomic mass is 19.1. The smallest absolute Gasteiger partial charge is 0.262 e. The molecule has 1 aliphatic rings. The number of benzene rings is 2. The van der Waals surface area contributed by atoms with E-state index >= 15 is 0 Å². The molecule has 100 valence electrons. The van der Waals surface area contributed by atoms with Crippen LogP contribution in [0.5, 0.6) is 5.75 Å². The molecule has 2 aromatic rings. The van der Waals surface area contributed by atoms with Crippen LogP contribution in [0.3, 0.4) is 0 Å². The summed E-state index contributed by atoms with van der Waals surface area (Å²) >= 11 is 0. The van der Waals surface area contributed by atoms with Gasteiger partial charge in [-0.05, 0) is 17.2 Å². The van der Waals surface area contributed by atoms with Gasteiger partial charge in [-0.25, -0.2) is 4.39 Å². The Bertz CT molecular complexity index is 692. The summed E-state index contributed by atoms with van der Waals surface area (Å²) in [5.74, 6) is -0.267. The molecule has 4 heteroatoms. The first-order valence-corrected chi connectivity index (χ1v) is 6.16. The van der Waals surface area contributed by atoms with E-state index in [1.807, 2.05) is 24.3 Å². The van der Waals surface area contributed by atoms with Crippen molar-refractivity contribution >= 4 is 17.7 Å². The molecule has 1 N–H and O–H groups in total. The van der Waals surface area contributed by atoms with E-state index in [4.69, 9.17) is 4.74 Å². The van der Waals surface area contributed by atoms with E-state index in [0.717, 1.165) is 11.1 Å². The van der Waals surface area contributed by atoms with Gasteiger partial charge in [0.2, 0.25) is 0 Å². The Hall–Kier alpha value is -2.62. The Morgan fingerprint density at radius 2 is 2.00 bits per heavy atom. The Labute approximate surface area is 115 Å². The van der Waals surface area contributed by atoms with Crippen molar-refractivity contribution in [3.05, 3.63) is 54.4 Å². The second kappa shape index (κ2) is 4.81. The van der Waals surface area contributed by atoms with E-state index in [1.54, 1.807) is 12.1 Å². The minimum absolute atomic E-state index is 0.0835. The number of amides is 1. The number of nitrogens with one attached hydrogen (secondary N) is 1. The van der Waals surface area contributed by atoms with Gasteiger partial charge in [0.1, 0.15) is 11.6 Å². The van der Waals surface area contributed by atoms with Crippen LogP contribution in [0, 0.1) is 5.82 Å². The summed E-state index contributed by atoms with van der Waals surface area (Å²) in [4.78, 5) is 11.3. The number of ether oxygens (including phenoxy) is 1. The Balaban J connectivity index is 2.06. The second-order valence-electron chi connectivity index (χ2n) is 4.49. The van der Waals surface area contributed by atoms with Crippen LogP contribution in [0.25, 0.3) is 17.2 Å². The van der Waals surface area contributed by atoms with Crippen LogP contribution in [0.2, 0.25) is 0 Å². The molecule has 3 nitrogen and oxygen atoms in total. The molecule has 0 saturated carbocycles. The van der Waals surface area contributed by atoms with E-state index in [1.165, 1.54) is 6.07 Å².